The van der Waals surface area contributed by atoms with E-state index in [1.54, 1.807) is 0 Å². The summed E-state index contributed by atoms with van der Waals surface area (Å²) < 4.78 is 0. The second-order valence-corrected chi connectivity index (χ2v) is 4.96. The molecule has 2 N–H and O–H groups in total. The van der Waals surface area contributed by atoms with Crippen LogP contribution < -0.4 is 10.6 Å². The average Bonchev–Trinajstić information content (AvgIpc) is 2.93. The van der Waals surface area contributed by atoms with Gasteiger partial charge in [-0.15, -0.1) is 24.0 Å². The Labute approximate surface area is 138 Å². The zero-order chi connectivity index (χ0) is 13.3. The Morgan fingerprint density at radius 3 is 2.80 bits per heavy atom. The topological polar surface area (TPSA) is 49.3 Å². The second kappa shape index (κ2) is 9.96. The third-order valence-corrected chi connectivity index (χ3v) is 3.40. The van der Waals surface area contributed by atoms with Gasteiger partial charge in [0.25, 0.3) is 0 Å². The Bertz CT molecular complexity index is 388. The molecule has 2 rings (SSSR count). The van der Waals surface area contributed by atoms with E-state index in [1.165, 1.54) is 25.7 Å². The minimum atomic E-state index is 0. The summed E-state index contributed by atoms with van der Waals surface area (Å²) in [5.74, 6) is 0.949. The molecule has 0 atom stereocenters. The SMILES string of the molecule is CCNC(=NCCc1ccccn1)NC1CCCC1.I. The number of rotatable bonds is 5. The Hall–Kier alpha value is -0.850. The van der Waals surface area contributed by atoms with Gasteiger partial charge in [-0.1, -0.05) is 18.9 Å². The molecule has 1 fully saturated rings. The van der Waals surface area contributed by atoms with E-state index >= 15 is 0 Å². The lowest BCUT2D eigenvalue weighted by atomic mass is 10.2. The van der Waals surface area contributed by atoms with E-state index in [-0.39, 0.29) is 24.0 Å². The molecule has 5 heteroatoms. The smallest absolute Gasteiger partial charge is 0.191 e. The highest BCUT2D eigenvalue weighted by Gasteiger charge is 2.15. The summed E-state index contributed by atoms with van der Waals surface area (Å²) in [6.07, 6.45) is 7.94. The van der Waals surface area contributed by atoms with Crippen molar-refractivity contribution >= 4 is 29.9 Å². The van der Waals surface area contributed by atoms with E-state index in [4.69, 9.17) is 0 Å². The molecular weight excluding hydrogens is 363 g/mol. The molecule has 0 unspecified atom stereocenters. The zero-order valence-electron chi connectivity index (χ0n) is 12.1. The highest BCUT2D eigenvalue weighted by Crippen LogP contribution is 2.17. The molecule has 1 aromatic heterocycles. The van der Waals surface area contributed by atoms with Crippen molar-refractivity contribution in [3.8, 4) is 0 Å². The third kappa shape index (κ3) is 6.07. The molecule has 0 saturated heterocycles. The van der Waals surface area contributed by atoms with Crippen LogP contribution in [0.3, 0.4) is 0 Å². The predicted molar refractivity (Wildman–Crippen MR) is 94.7 cm³/mol. The van der Waals surface area contributed by atoms with Crippen LogP contribution in [0.2, 0.25) is 0 Å². The first-order valence-electron chi connectivity index (χ1n) is 7.33. The molecule has 0 amide bonds. The first-order valence-corrected chi connectivity index (χ1v) is 7.33. The summed E-state index contributed by atoms with van der Waals surface area (Å²) in [6.45, 7) is 3.78. The van der Waals surface area contributed by atoms with Gasteiger partial charge in [0.05, 0.1) is 0 Å². The van der Waals surface area contributed by atoms with Crippen LogP contribution in [0.15, 0.2) is 29.4 Å². The first-order chi connectivity index (χ1) is 9.38. The Morgan fingerprint density at radius 1 is 1.35 bits per heavy atom. The van der Waals surface area contributed by atoms with Crippen LogP contribution in [0.5, 0.6) is 0 Å². The van der Waals surface area contributed by atoms with Crippen LogP contribution in [0, 0.1) is 0 Å². The molecule has 0 aliphatic heterocycles. The maximum absolute atomic E-state index is 4.63. The highest BCUT2D eigenvalue weighted by molar-refractivity contribution is 14.0. The van der Waals surface area contributed by atoms with E-state index in [9.17, 15) is 0 Å². The fourth-order valence-corrected chi connectivity index (χ4v) is 2.41. The maximum atomic E-state index is 4.63. The molecule has 1 aliphatic rings. The molecule has 4 nitrogen and oxygen atoms in total. The molecule has 112 valence electrons. The second-order valence-electron chi connectivity index (χ2n) is 4.96. The number of aromatic nitrogens is 1. The Balaban J connectivity index is 0.00000200. The van der Waals surface area contributed by atoms with Gasteiger partial charge in [-0.2, -0.15) is 0 Å². The number of hydrogen-bond acceptors (Lipinski definition) is 2. The van der Waals surface area contributed by atoms with E-state index in [0.29, 0.717) is 6.04 Å². The number of halogens is 1. The van der Waals surface area contributed by atoms with Crippen molar-refractivity contribution in [3.05, 3.63) is 30.1 Å². The average molecular weight is 388 g/mol. The van der Waals surface area contributed by atoms with E-state index in [0.717, 1.165) is 31.2 Å². The van der Waals surface area contributed by atoms with Crippen LogP contribution in [0.1, 0.15) is 38.3 Å². The number of nitrogens with zero attached hydrogens (tertiary/aromatic N) is 2. The Kier molecular flexibility index (Phi) is 8.57. The minimum Gasteiger partial charge on any atom is -0.357 e. The number of nitrogens with one attached hydrogen (secondary N) is 2. The third-order valence-electron chi connectivity index (χ3n) is 3.40. The van der Waals surface area contributed by atoms with Crippen molar-refractivity contribution in [3.63, 3.8) is 0 Å². The van der Waals surface area contributed by atoms with E-state index in [2.05, 4.69) is 27.5 Å². The van der Waals surface area contributed by atoms with Crippen molar-refractivity contribution in [2.24, 2.45) is 4.99 Å². The zero-order valence-corrected chi connectivity index (χ0v) is 14.5. The van der Waals surface area contributed by atoms with Crippen LogP contribution in [-0.2, 0) is 6.42 Å². The summed E-state index contributed by atoms with van der Waals surface area (Å²) in [5.41, 5.74) is 1.10. The molecule has 0 bridgehead atoms. The monoisotopic (exact) mass is 388 g/mol. The van der Waals surface area contributed by atoms with Crippen LogP contribution in [-0.4, -0.2) is 30.1 Å². The van der Waals surface area contributed by atoms with Crippen molar-refractivity contribution in [1.29, 1.82) is 0 Å². The molecule has 1 heterocycles. The number of guanidine groups is 1. The van der Waals surface area contributed by atoms with Crippen molar-refractivity contribution in [2.45, 2.75) is 45.1 Å². The fraction of sp³-hybridized carbons (Fsp3) is 0.600. The molecular formula is C15H25IN4. The number of hydrogen-bond donors (Lipinski definition) is 2. The van der Waals surface area contributed by atoms with Gasteiger partial charge in [0, 0.05) is 37.4 Å². The summed E-state index contributed by atoms with van der Waals surface area (Å²) in [7, 11) is 0. The molecule has 1 saturated carbocycles. The van der Waals surface area contributed by atoms with Gasteiger partial charge in [-0.25, -0.2) is 0 Å². The summed E-state index contributed by atoms with van der Waals surface area (Å²) >= 11 is 0. The molecule has 0 spiro atoms. The van der Waals surface area contributed by atoms with Crippen LogP contribution in [0.25, 0.3) is 0 Å². The number of pyridine rings is 1. The molecule has 1 aliphatic carbocycles. The minimum absolute atomic E-state index is 0. The van der Waals surface area contributed by atoms with E-state index in [1.807, 2.05) is 24.4 Å². The summed E-state index contributed by atoms with van der Waals surface area (Å²) in [5, 5.41) is 6.84. The van der Waals surface area contributed by atoms with E-state index < -0.39 is 0 Å². The fourth-order valence-electron chi connectivity index (χ4n) is 2.41. The molecule has 0 radical (unpaired) electrons. The maximum Gasteiger partial charge on any atom is 0.191 e. The van der Waals surface area contributed by atoms with Gasteiger partial charge >= 0.3 is 0 Å². The molecule has 20 heavy (non-hydrogen) atoms. The Morgan fingerprint density at radius 2 is 2.15 bits per heavy atom. The normalized spacial score (nSPS) is 15.8. The lowest BCUT2D eigenvalue weighted by Crippen LogP contribution is -2.42. The quantitative estimate of drug-likeness (QED) is 0.463. The standard InChI is InChI=1S/C15H24N4.HI/c1-2-16-15(19-14-8-3-4-9-14)18-12-10-13-7-5-6-11-17-13;/h5-7,11,14H,2-4,8-10,12H2,1H3,(H2,16,18,19);1H. The predicted octanol–water partition coefficient (Wildman–Crippen LogP) is 2.74. The molecule has 0 aromatic carbocycles. The van der Waals surface area contributed by atoms with Gasteiger partial charge in [0.15, 0.2) is 5.96 Å². The summed E-state index contributed by atoms with van der Waals surface area (Å²) in [6, 6.07) is 6.62. The van der Waals surface area contributed by atoms with Crippen LogP contribution in [0.4, 0.5) is 0 Å². The lowest BCUT2D eigenvalue weighted by molar-refractivity contribution is 0.614. The highest BCUT2D eigenvalue weighted by atomic mass is 127. The van der Waals surface area contributed by atoms with Gasteiger partial charge < -0.3 is 10.6 Å². The number of aliphatic imine (C=N–C) groups is 1. The largest absolute Gasteiger partial charge is 0.357 e. The summed E-state index contributed by atoms with van der Waals surface area (Å²) in [4.78, 5) is 8.94. The van der Waals surface area contributed by atoms with Crippen LogP contribution >= 0.6 is 24.0 Å². The van der Waals surface area contributed by atoms with Gasteiger partial charge in [0.1, 0.15) is 0 Å². The van der Waals surface area contributed by atoms with Crippen molar-refractivity contribution in [1.82, 2.24) is 15.6 Å². The molecule has 1 aromatic rings. The van der Waals surface area contributed by atoms with Gasteiger partial charge in [-0.05, 0) is 31.9 Å². The van der Waals surface area contributed by atoms with Gasteiger partial charge in [0.2, 0.25) is 0 Å². The van der Waals surface area contributed by atoms with Gasteiger partial charge in [-0.3, -0.25) is 9.98 Å². The van der Waals surface area contributed by atoms with Crippen molar-refractivity contribution < 1.29 is 0 Å². The first kappa shape index (κ1) is 17.2. The lowest BCUT2D eigenvalue weighted by Gasteiger charge is -2.16. The van der Waals surface area contributed by atoms with Crippen molar-refractivity contribution in [2.75, 3.05) is 13.1 Å².